The van der Waals surface area contributed by atoms with Gasteiger partial charge in [0.1, 0.15) is 5.78 Å². The third-order valence-electron chi connectivity index (χ3n) is 8.62. The fourth-order valence-corrected chi connectivity index (χ4v) is 6.90. The van der Waals surface area contributed by atoms with Gasteiger partial charge in [-0.05, 0) is 60.0 Å². The maximum absolute atomic E-state index is 13.5. The zero-order valence-electron chi connectivity index (χ0n) is 16.8. The number of ketones is 2. The number of allylic oxidation sites excluding steroid dienone is 4. The van der Waals surface area contributed by atoms with Crippen molar-refractivity contribution in [1.82, 2.24) is 0 Å². The summed E-state index contributed by atoms with van der Waals surface area (Å²) in [6, 6.07) is 0. The Morgan fingerprint density at radius 1 is 1.22 bits per heavy atom. The molecule has 7 atom stereocenters. The van der Waals surface area contributed by atoms with Crippen LogP contribution in [0.3, 0.4) is 0 Å². The minimum absolute atomic E-state index is 0.0504. The predicted molar refractivity (Wildman–Crippen MR) is 102 cm³/mol. The Morgan fingerprint density at radius 3 is 2.67 bits per heavy atom. The second kappa shape index (κ2) is 6.15. The average molecular weight is 370 g/mol. The molecule has 27 heavy (non-hydrogen) atoms. The lowest BCUT2D eigenvalue weighted by Crippen LogP contribution is -2.54. The lowest BCUT2D eigenvalue weighted by molar-refractivity contribution is -0.153. The van der Waals surface area contributed by atoms with Crippen molar-refractivity contribution in [2.75, 3.05) is 7.11 Å². The Kier molecular flexibility index (Phi) is 4.25. The van der Waals surface area contributed by atoms with E-state index in [2.05, 4.69) is 26.0 Å². The van der Waals surface area contributed by atoms with Gasteiger partial charge in [-0.1, -0.05) is 32.9 Å². The quantitative estimate of drug-likeness (QED) is 0.692. The van der Waals surface area contributed by atoms with E-state index in [9.17, 15) is 14.4 Å². The van der Waals surface area contributed by atoms with E-state index in [0.29, 0.717) is 24.5 Å². The Hall–Kier alpha value is -1.71. The van der Waals surface area contributed by atoms with E-state index in [1.807, 2.05) is 6.92 Å². The van der Waals surface area contributed by atoms with Crippen LogP contribution in [0, 0.1) is 40.4 Å². The molecule has 0 N–H and O–H groups in total. The maximum Gasteiger partial charge on any atom is 0.308 e. The molecule has 4 aliphatic carbocycles. The first kappa shape index (κ1) is 18.6. The number of carbonyl (C=O) groups excluding carboxylic acids is 3. The van der Waals surface area contributed by atoms with Crippen molar-refractivity contribution in [1.29, 1.82) is 0 Å². The van der Waals surface area contributed by atoms with Gasteiger partial charge in [0.05, 0.1) is 13.0 Å². The van der Waals surface area contributed by atoms with E-state index >= 15 is 0 Å². The van der Waals surface area contributed by atoms with Crippen LogP contribution in [0.2, 0.25) is 0 Å². The molecule has 146 valence electrons. The summed E-state index contributed by atoms with van der Waals surface area (Å²) >= 11 is 0. The molecule has 0 unspecified atom stereocenters. The maximum atomic E-state index is 13.5. The normalized spacial score (nSPS) is 44.1. The fraction of sp³-hybridized carbons (Fsp3) is 0.696. The molecule has 0 amide bonds. The lowest BCUT2D eigenvalue weighted by Gasteiger charge is -2.55. The van der Waals surface area contributed by atoms with E-state index in [1.165, 1.54) is 7.11 Å². The lowest BCUT2D eigenvalue weighted by atomic mass is 9.48. The molecule has 0 radical (unpaired) electrons. The van der Waals surface area contributed by atoms with Gasteiger partial charge in [0.2, 0.25) is 0 Å². The Bertz CT molecular complexity index is 762. The number of hydrogen-bond acceptors (Lipinski definition) is 4. The molecule has 2 saturated carbocycles. The standard InChI is InChI=1S/C23H30O4/c1-13(21(26)27-4)17-7-8-18-16-6-5-14-11-15(24)9-10-22(14,2)19(16)12-20(25)23(17,18)3/h5-6,11,13,16-19H,7-10,12H2,1-4H3/t13-,16-,17+,18-,19-,22-,23+/m0/s1. The average Bonchev–Trinajstić information content (AvgIpc) is 3.01. The van der Waals surface area contributed by atoms with Gasteiger partial charge in [-0.15, -0.1) is 0 Å². The van der Waals surface area contributed by atoms with Crippen LogP contribution >= 0.6 is 0 Å². The van der Waals surface area contributed by atoms with Gasteiger partial charge in [-0.3, -0.25) is 14.4 Å². The van der Waals surface area contributed by atoms with E-state index in [1.54, 1.807) is 6.08 Å². The van der Waals surface area contributed by atoms with Crippen molar-refractivity contribution < 1.29 is 19.1 Å². The Labute approximate surface area is 161 Å². The smallest absolute Gasteiger partial charge is 0.308 e. The van der Waals surface area contributed by atoms with Gasteiger partial charge in [0.15, 0.2) is 5.78 Å². The molecule has 4 aliphatic rings. The van der Waals surface area contributed by atoms with Crippen LogP contribution in [0.1, 0.15) is 52.9 Å². The number of Topliss-reactive ketones (excluding diaryl/α,β-unsaturated/α-hetero) is 1. The molecular weight excluding hydrogens is 340 g/mol. The number of ether oxygens (including phenoxy) is 1. The Balaban J connectivity index is 1.72. The van der Waals surface area contributed by atoms with Gasteiger partial charge in [0.25, 0.3) is 0 Å². The molecule has 0 aromatic rings. The minimum atomic E-state index is -0.457. The van der Waals surface area contributed by atoms with Crippen molar-refractivity contribution >= 4 is 17.5 Å². The number of carbonyl (C=O) groups is 3. The zero-order valence-corrected chi connectivity index (χ0v) is 16.8. The van der Waals surface area contributed by atoms with E-state index in [4.69, 9.17) is 4.74 Å². The summed E-state index contributed by atoms with van der Waals surface area (Å²) in [5.41, 5.74) is 0.561. The van der Waals surface area contributed by atoms with Crippen LogP contribution < -0.4 is 0 Å². The van der Waals surface area contributed by atoms with Crippen molar-refractivity contribution in [3.63, 3.8) is 0 Å². The number of esters is 1. The molecule has 4 nitrogen and oxygen atoms in total. The van der Waals surface area contributed by atoms with E-state index in [0.717, 1.165) is 24.8 Å². The number of rotatable bonds is 2. The van der Waals surface area contributed by atoms with Gasteiger partial charge in [0, 0.05) is 18.3 Å². The molecule has 0 saturated heterocycles. The third-order valence-corrected chi connectivity index (χ3v) is 8.62. The van der Waals surface area contributed by atoms with Crippen molar-refractivity contribution in [2.45, 2.75) is 52.9 Å². The molecule has 4 rings (SSSR count). The number of methoxy groups -OCH3 is 1. The van der Waals surface area contributed by atoms with Crippen LogP contribution in [-0.4, -0.2) is 24.6 Å². The first-order valence-electron chi connectivity index (χ1n) is 10.3. The monoisotopic (exact) mass is 370 g/mol. The Morgan fingerprint density at radius 2 is 1.96 bits per heavy atom. The van der Waals surface area contributed by atoms with E-state index in [-0.39, 0.29) is 40.8 Å². The first-order valence-corrected chi connectivity index (χ1v) is 10.3. The van der Waals surface area contributed by atoms with Crippen LogP contribution in [-0.2, 0) is 19.1 Å². The summed E-state index contributed by atoms with van der Waals surface area (Å²) in [5, 5.41) is 0. The number of hydrogen-bond donors (Lipinski definition) is 0. The van der Waals surface area contributed by atoms with Crippen molar-refractivity contribution in [3.8, 4) is 0 Å². The highest BCUT2D eigenvalue weighted by molar-refractivity contribution is 5.93. The second-order valence-corrected chi connectivity index (χ2v) is 9.54. The number of fused-ring (bicyclic) bond motifs is 5. The van der Waals surface area contributed by atoms with Crippen molar-refractivity contribution in [2.24, 2.45) is 40.4 Å². The highest BCUT2D eigenvalue weighted by Crippen LogP contribution is 2.64. The summed E-state index contributed by atoms with van der Waals surface area (Å²) < 4.78 is 4.98. The summed E-state index contributed by atoms with van der Waals surface area (Å²) in [4.78, 5) is 37.6. The predicted octanol–water partition coefficient (Wildman–Crippen LogP) is 3.90. The van der Waals surface area contributed by atoms with Gasteiger partial charge in [-0.2, -0.15) is 0 Å². The van der Waals surface area contributed by atoms with Crippen molar-refractivity contribution in [3.05, 3.63) is 23.8 Å². The van der Waals surface area contributed by atoms with Gasteiger partial charge >= 0.3 is 5.97 Å². The van der Waals surface area contributed by atoms with Crippen LogP contribution in [0.5, 0.6) is 0 Å². The molecule has 0 spiro atoms. The SMILES string of the molecule is COC(=O)[C@@H](C)[C@H]1CC[C@H]2[C@@H]3C=CC4=CC(=O)CC[C@]4(C)[C@H]3CC(=O)[C@]12C. The molecular formula is C23H30O4. The summed E-state index contributed by atoms with van der Waals surface area (Å²) in [5.74, 6) is 0.973. The first-order chi connectivity index (χ1) is 12.7. The van der Waals surface area contributed by atoms with Gasteiger partial charge in [-0.25, -0.2) is 0 Å². The topological polar surface area (TPSA) is 60.4 Å². The summed E-state index contributed by atoms with van der Waals surface area (Å²) in [7, 11) is 1.43. The molecule has 2 fully saturated rings. The third kappa shape index (κ3) is 2.44. The highest BCUT2D eigenvalue weighted by Gasteiger charge is 2.63. The van der Waals surface area contributed by atoms with E-state index < -0.39 is 5.41 Å². The molecule has 4 heteroatoms. The largest absolute Gasteiger partial charge is 0.469 e. The summed E-state index contributed by atoms with van der Waals surface area (Å²) in [6.45, 7) is 6.25. The van der Waals surface area contributed by atoms with Gasteiger partial charge < -0.3 is 4.74 Å². The molecule has 0 aromatic carbocycles. The van der Waals surface area contributed by atoms with Crippen LogP contribution in [0.4, 0.5) is 0 Å². The molecule has 0 aliphatic heterocycles. The molecule has 0 aromatic heterocycles. The van der Waals surface area contributed by atoms with Crippen LogP contribution in [0.15, 0.2) is 23.8 Å². The highest BCUT2D eigenvalue weighted by atomic mass is 16.5. The zero-order chi connectivity index (χ0) is 19.6. The molecule has 0 bridgehead atoms. The fourth-order valence-electron chi connectivity index (χ4n) is 6.90. The van der Waals surface area contributed by atoms with Crippen LogP contribution in [0.25, 0.3) is 0 Å². The molecule has 0 heterocycles. The minimum Gasteiger partial charge on any atom is -0.469 e. The summed E-state index contributed by atoms with van der Waals surface area (Å²) in [6.07, 6.45) is 10.0. The second-order valence-electron chi connectivity index (χ2n) is 9.54.